The molecule has 0 amide bonds. The van der Waals surface area contributed by atoms with E-state index in [1.807, 2.05) is 6.92 Å². The van der Waals surface area contributed by atoms with E-state index in [-0.39, 0.29) is 5.75 Å². The lowest BCUT2D eigenvalue weighted by molar-refractivity contribution is -0.136. The van der Waals surface area contributed by atoms with Gasteiger partial charge in [-0.2, -0.15) is 11.8 Å². The number of sulfone groups is 1. The fourth-order valence-corrected chi connectivity index (χ4v) is 2.86. The molecule has 0 fully saturated rings. The van der Waals surface area contributed by atoms with E-state index in [0.29, 0.717) is 6.42 Å². The summed E-state index contributed by atoms with van der Waals surface area (Å²) in [5.74, 6) is 0.414. The third kappa shape index (κ3) is 4.85. The van der Waals surface area contributed by atoms with Crippen molar-refractivity contribution in [3.63, 3.8) is 0 Å². The Bertz CT molecular complexity index is 271. The van der Waals surface area contributed by atoms with Crippen LogP contribution in [0.1, 0.15) is 20.3 Å². The van der Waals surface area contributed by atoms with Gasteiger partial charge in [0, 0.05) is 0 Å². The molecule has 0 heterocycles. The van der Waals surface area contributed by atoms with Gasteiger partial charge in [0.05, 0.1) is 5.75 Å². The molecule has 0 aromatic heterocycles. The standard InChI is InChI=1S/C8H16O4S2/c1-3-13-5-4-6-14(11,12)7(2)8(9)10/h7H,3-6H2,1-2H3,(H,9,10). The maximum Gasteiger partial charge on any atom is 0.321 e. The van der Waals surface area contributed by atoms with Crippen LogP contribution in [0, 0.1) is 0 Å². The zero-order chi connectivity index (χ0) is 11.2. The molecule has 1 unspecified atom stereocenters. The largest absolute Gasteiger partial charge is 0.480 e. The summed E-state index contributed by atoms with van der Waals surface area (Å²) in [6.45, 7) is 3.21. The summed E-state index contributed by atoms with van der Waals surface area (Å²) in [5, 5.41) is 7.25. The third-order valence-corrected chi connectivity index (χ3v) is 4.93. The quantitative estimate of drug-likeness (QED) is 0.673. The lowest BCUT2D eigenvalue weighted by Gasteiger charge is -2.07. The molecule has 0 bridgehead atoms. The molecule has 0 aromatic rings. The Kier molecular flexibility index (Phi) is 6.19. The second-order valence-corrected chi connectivity index (χ2v) is 6.73. The van der Waals surface area contributed by atoms with E-state index in [2.05, 4.69) is 0 Å². The van der Waals surface area contributed by atoms with Gasteiger partial charge < -0.3 is 5.11 Å². The number of rotatable bonds is 7. The maximum absolute atomic E-state index is 11.3. The fourth-order valence-electron chi connectivity index (χ4n) is 0.837. The molecule has 4 nitrogen and oxygen atoms in total. The summed E-state index contributed by atoms with van der Waals surface area (Å²) >= 11 is 1.66. The van der Waals surface area contributed by atoms with Crippen LogP contribution in [-0.4, -0.2) is 42.0 Å². The Hall–Kier alpha value is -0.230. The second-order valence-electron chi connectivity index (χ2n) is 2.90. The van der Waals surface area contributed by atoms with Gasteiger partial charge in [-0.15, -0.1) is 0 Å². The highest BCUT2D eigenvalue weighted by Gasteiger charge is 2.26. The molecule has 0 saturated heterocycles. The van der Waals surface area contributed by atoms with E-state index in [1.165, 1.54) is 6.92 Å². The molecule has 0 aliphatic heterocycles. The average molecular weight is 240 g/mol. The van der Waals surface area contributed by atoms with Gasteiger partial charge in [0.2, 0.25) is 0 Å². The van der Waals surface area contributed by atoms with Crippen LogP contribution in [-0.2, 0) is 14.6 Å². The lowest BCUT2D eigenvalue weighted by atomic mass is 10.5. The molecule has 14 heavy (non-hydrogen) atoms. The van der Waals surface area contributed by atoms with Crippen molar-refractivity contribution in [2.75, 3.05) is 17.3 Å². The zero-order valence-corrected chi connectivity index (χ0v) is 10.0. The van der Waals surface area contributed by atoms with Gasteiger partial charge in [0.1, 0.15) is 0 Å². The number of aliphatic carboxylic acids is 1. The van der Waals surface area contributed by atoms with Crippen molar-refractivity contribution in [2.24, 2.45) is 0 Å². The minimum Gasteiger partial charge on any atom is -0.480 e. The van der Waals surface area contributed by atoms with Crippen LogP contribution in [0.15, 0.2) is 0 Å². The highest BCUT2D eigenvalue weighted by molar-refractivity contribution is 7.99. The van der Waals surface area contributed by atoms with Crippen molar-refractivity contribution in [2.45, 2.75) is 25.5 Å². The third-order valence-electron chi connectivity index (χ3n) is 1.81. The lowest BCUT2D eigenvalue weighted by Crippen LogP contribution is -2.29. The van der Waals surface area contributed by atoms with Crippen LogP contribution >= 0.6 is 11.8 Å². The zero-order valence-electron chi connectivity index (χ0n) is 8.39. The normalized spacial score (nSPS) is 13.9. The van der Waals surface area contributed by atoms with Gasteiger partial charge in [0.25, 0.3) is 0 Å². The highest BCUT2D eigenvalue weighted by Crippen LogP contribution is 2.07. The first-order valence-electron chi connectivity index (χ1n) is 4.44. The Morgan fingerprint density at radius 2 is 2.07 bits per heavy atom. The number of carboxylic acid groups (broad SMARTS) is 1. The minimum absolute atomic E-state index is 0.0343. The molecule has 6 heteroatoms. The van der Waals surface area contributed by atoms with E-state index in [1.54, 1.807) is 11.8 Å². The van der Waals surface area contributed by atoms with E-state index in [9.17, 15) is 13.2 Å². The van der Waals surface area contributed by atoms with Crippen LogP contribution in [0.5, 0.6) is 0 Å². The van der Waals surface area contributed by atoms with Crippen molar-refractivity contribution < 1.29 is 18.3 Å². The summed E-state index contributed by atoms with van der Waals surface area (Å²) in [6.07, 6.45) is 0.526. The van der Waals surface area contributed by atoms with Gasteiger partial charge in [0.15, 0.2) is 15.1 Å². The molecule has 84 valence electrons. The fraction of sp³-hybridized carbons (Fsp3) is 0.875. The molecular formula is C8H16O4S2. The Balaban J connectivity index is 4.02. The van der Waals surface area contributed by atoms with Crippen LogP contribution in [0.25, 0.3) is 0 Å². The first kappa shape index (κ1) is 13.8. The van der Waals surface area contributed by atoms with Gasteiger partial charge in [-0.3, -0.25) is 4.79 Å². The summed E-state index contributed by atoms with van der Waals surface area (Å²) in [6, 6.07) is 0. The van der Waals surface area contributed by atoms with E-state index in [4.69, 9.17) is 5.11 Å². The maximum atomic E-state index is 11.3. The molecule has 0 aromatic carbocycles. The number of hydrogen-bond donors (Lipinski definition) is 1. The minimum atomic E-state index is -3.45. The molecule has 0 rings (SSSR count). The van der Waals surface area contributed by atoms with Crippen molar-refractivity contribution in [3.05, 3.63) is 0 Å². The van der Waals surface area contributed by atoms with E-state index < -0.39 is 21.1 Å². The average Bonchev–Trinajstić information content (AvgIpc) is 2.11. The van der Waals surface area contributed by atoms with Crippen molar-refractivity contribution >= 4 is 27.6 Å². The number of carboxylic acids is 1. The molecule has 1 N–H and O–H groups in total. The van der Waals surface area contributed by atoms with Crippen LogP contribution in [0.3, 0.4) is 0 Å². The first-order chi connectivity index (χ1) is 6.41. The number of hydrogen-bond acceptors (Lipinski definition) is 4. The van der Waals surface area contributed by atoms with Crippen molar-refractivity contribution in [1.29, 1.82) is 0 Å². The Labute approximate surface area is 89.0 Å². The molecule has 0 aliphatic carbocycles. The predicted octanol–water partition coefficient (Wildman–Crippen LogP) is 1.02. The first-order valence-corrected chi connectivity index (χ1v) is 7.31. The molecule has 0 spiro atoms. The van der Waals surface area contributed by atoms with E-state index in [0.717, 1.165) is 11.5 Å². The molecule has 0 aliphatic rings. The molecule has 1 atom stereocenters. The Morgan fingerprint density at radius 1 is 1.50 bits per heavy atom. The smallest absolute Gasteiger partial charge is 0.321 e. The summed E-state index contributed by atoms with van der Waals surface area (Å²) in [7, 11) is -3.45. The predicted molar refractivity (Wildman–Crippen MR) is 58.5 cm³/mol. The number of thioether (sulfide) groups is 1. The summed E-state index contributed by atoms with van der Waals surface area (Å²) in [5.41, 5.74) is 0. The van der Waals surface area contributed by atoms with Gasteiger partial charge >= 0.3 is 5.97 Å². The monoisotopic (exact) mass is 240 g/mol. The highest BCUT2D eigenvalue weighted by atomic mass is 32.2. The van der Waals surface area contributed by atoms with E-state index >= 15 is 0 Å². The van der Waals surface area contributed by atoms with Gasteiger partial charge in [-0.25, -0.2) is 8.42 Å². The van der Waals surface area contributed by atoms with Gasteiger partial charge in [-0.1, -0.05) is 6.92 Å². The SMILES string of the molecule is CCSCCCS(=O)(=O)C(C)C(=O)O. The van der Waals surface area contributed by atoms with Crippen molar-refractivity contribution in [1.82, 2.24) is 0 Å². The molecule has 0 saturated carbocycles. The summed E-state index contributed by atoms with van der Waals surface area (Å²) < 4.78 is 22.7. The number of carbonyl (C=O) groups is 1. The topological polar surface area (TPSA) is 71.4 Å². The summed E-state index contributed by atoms with van der Waals surface area (Å²) in [4.78, 5) is 10.5. The molecule has 0 radical (unpaired) electrons. The Morgan fingerprint density at radius 3 is 2.50 bits per heavy atom. The van der Waals surface area contributed by atoms with Crippen LogP contribution < -0.4 is 0 Å². The van der Waals surface area contributed by atoms with Crippen LogP contribution in [0.2, 0.25) is 0 Å². The second kappa shape index (κ2) is 6.29. The molecular weight excluding hydrogens is 224 g/mol. The van der Waals surface area contributed by atoms with Gasteiger partial charge in [-0.05, 0) is 24.9 Å². The van der Waals surface area contributed by atoms with Crippen molar-refractivity contribution in [3.8, 4) is 0 Å². The van der Waals surface area contributed by atoms with Crippen LogP contribution in [0.4, 0.5) is 0 Å².